The third-order valence-corrected chi connectivity index (χ3v) is 2.78. The van der Waals surface area contributed by atoms with Crippen LogP contribution in [0.15, 0.2) is 4.52 Å². The lowest BCUT2D eigenvalue weighted by Gasteiger charge is -2.38. The van der Waals surface area contributed by atoms with Gasteiger partial charge in [-0.2, -0.15) is 0 Å². The largest absolute Gasteiger partial charge is 0.361 e. The van der Waals surface area contributed by atoms with Crippen molar-refractivity contribution < 1.29 is 4.52 Å². The minimum Gasteiger partial charge on any atom is -0.361 e. The summed E-state index contributed by atoms with van der Waals surface area (Å²) in [4.78, 5) is 0. The van der Waals surface area contributed by atoms with Gasteiger partial charge in [-0.1, -0.05) is 5.16 Å². The van der Waals surface area contributed by atoms with Crippen LogP contribution in [-0.4, -0.2) is 5.16 Å². The molecule has 1 aliphatic carbocycles. The molecular formula is C9H14N2O. The summed E-state index contributed by atoms with van der Waals surface area (Å²) in [7, 11) is 0. The van der Waals surface area contributed by atoms with Gasteiger partial charge in [-0.05, 0) is 33.1 Å². The Labute approximate surface area is 71.9 Å². The van der Waals surface area contributed by atoms with Gasteiger partial charge < -0.3 is 10.3 Å². The zero-order chi connectivity index (χ0) is 8.77. The molecule has 3 nitrogen and oxygen atoms in total. The molecule has 1 aromatic rings. The summed E-state index contributed by atoms with van der Waals surface area (Å²) < 4.78 is 5.09. The first kappa shape index (κ1) is 7.80. The van der Waals surface area contributed by atoms with E-state index in [1.165, 1.54) is 6.42 Å². The number of nitrogens with zero attached hydrogens (tertiary/aromatic N) is 1. The van der Waals surface area contributed by atoms with Gasteiger partial charge in [-0.15, -0.1) is 0 Å². The van der Waals surface area contributed by atoms with Gasteiger partial charge in [0.1, 0.15) is 5.76 Å². The smallest absolute Gasteiger partial charge is 0.138 e. The number of aromatic nitrogens is 1. The molecule has 1 aromatic heterocycles. The van der Waals surface area contributed by atoms with E-state index in [1.54, 1.807) is 0 Å². The minimum atomic E-state index is -0.131. The molecule has 0 bridgehead atoms. The number of hydrogen-bond donors (Lipinski definition) is 1. The highest BCUT2D eigenvalue weighted by atomic mass is 16.5. The number of nitrogens with two attached hydrogens (primary N) is 1. The van der Waals surface area contributed by atoms with Crippen LogP contribution in [0.5, 0.6) is 0 Å². The Hall–Kier alpha value is -0.830. The monoisotopic (exact) mass is 166 g/mol. The quantitative estimate of drug-likeness (QED) is 0.689. The second-order valence-electron chi connectivity index (χ2n) is 3.71. The Kier molecular flexibility index (Phi) is 1.51. The van der Waals surface area contributed by atoms with Gasteiger partial charge in [-0.3, -0.25) is 0 Å². The van der Waals surface area contributed by atoms with Crippen molar-refractivity contribution >= 4 is 0 Å². The van der Waals surface area contributed by atoms with Crippen molar-refractivity contribution in [2.24, 2.45) is 5.73 Å². The minimum absolute atomic E-state index is 0.131. The fourth-order valence-corrected chi connectivity index (χ4v) is 2.00. The summed E-state index contributed by atoms with van der Waals surface area (Å²) in [5.41, 5.74) is 8.13. The molecule has 0 unspecified atom stereocenters. The maximum absolute atomic E-state index is 6.17. The first-order chi connectivity index (χ1) is 5.63. The molecule has 12 heavy (non-hydrogen) atoms. The highest BCUT2D eigenvalue weighted by Gasteiger charge is 2.38. The van der Waals surface area contributed by atoms with Crippen molar-refractivity contribution in [2.75, 3.05) is 0 Å². The molecule has 0 aromatic carbocycles. The summed E-state index contributed by atoms with van der Waals surface area (Å²) >= 11 is 0. The molecule has 2 rings (SSSR count). The molecule has 0 spiro atoms. The van der Waals surface area contributed by atoms with Crippen molar-refractivity contribution in [1.82, 2.24) is 5.16 Å². The van der Waals surface area contributed by atoms with Crippen LogP contribution in [0.25, 0.3) is 0 Å². The normalized spacial score (nSPS) is 20.6. The van der Waals surface area contributed by atoms with Gasteiger partial charge in [0.05, 0.1) is 5.69 Å². The summed E-state index contributed by atoms with van der Waals surface area (Å²) in [5, 5.41) is 3.91. The van der Waals surface area contributed by atoms with E-state index in [0.29, 0.717) is 0 Å². The Balaban J connectivity index is 2.44. The molecule has 0 amide bonds. The van der Waals surface area contributed by atoms with Crippen molar-refractivity contribution in [3.63, 3.8) is 0 Å². The molecule has 1 aliphatic rings. The molecule has 3 heteroatoms. The van der Waals surface area contributed by atoms with E-state index < -0.39 is 0 Å². The van der Waals surface area contributed by atoms with Crippen molar-refractivity contribution in [1.29, 1.82) is 0 Å². The summed E-state index contributed by atoms with van der Waals surface area (Å²) in [6, 6.07) is 0. The highest BCUT2D eigenvalue weighted by Crippen LogP contribution is 2.41. The van der Waals surface area contributed by atoms with Crippen LogP contribution in [0.4, 0.5) is 0 Å². The fraction of sp³-hybridized carbons (Fsp3) is 0.667. The van der Waals surface area contributed by atoms with Crippen LogP contribution in [0, 0.1) is 13.8 Å². The van der Waals surface area contributed by atoms with E-state index in [-0.39, 0.29) is 5.54 Å². The van der Waals surface area contributed by atoms with Gasteiger partial charge >= 0.3 is 0 Å². The first-order valence-corrected chi connectivity index (χ1v) is 4.36. The van der Waals surface area contributed by atoms with Crippen molar-refractivity contribution in [3.8, 4) is 0 Å². The standard InChI is InChI=1S/C9H14N2O/c1-6-8(7(2)12-11-6)9(10)4-3-5-9/h3-5,10H2,1-2H3. The first-order valence-electron chi connectivity index (χ1n) is 4.36. The Morgan fingerprint density at radius 2 is 2.08 bits per heavy atom. The topological polar surface area (TPSA) is 52.0 Å². The summed E-state index contributed by atoms with van der Waals surface area (Å²) in [6.45, 7) is 3.89. The SMILES string of the molecule is Cc1noc(C)c1C1(N)CCC1. The molecular weight excluding hydrogens is 152 g/mol. The lowest BCUT2D eigenvalue weighted by Crippen LogP contribution is -2.44. The average molecular weight is 166 g/mol. The second kappa shape index (κ2) is 2.33. The Bertz CT molecular complexity index is 280. The number of hydrogen-bond acceptors (Lipinski definition) is 3. The molecule has 0 radical (unpaired) electrons. The molecule has 1 fully saturated rings. The molecule has 66 valence electrons. The second-order valence-corrected chi connectivity index (χ2v) is 3.71. The lowest BCUT2D eigenvalue weighted by molar-refractivity contribution is 0.248. The molecule has 0 atom stereocenters. The van der Waals surface area contributed by atoms with E-state index in [4.69, 9.17) is 10.3 Å². The van der Waals surface area contributed by atoms with Gasteiger partial charge in [-0.25, -0.2) is 0 Å². The van der Waals surface area contributed by atoms with Crippen LogP contribution in [0.1, 0.15) is 36.3 Å². The lowest BCUT2D eigenvalue weighted by atomic mass is 9.72. The van der Waals surface area contributed by atoms with Gasteiger partial charge in [0.2, 0.25) is 0 Å². The maximum atomic E-state index is 6.17. The summed E-state index contributed by atoms with van der Waals surface area (Å²) in [5.74, 6) is 0.884. The van der Waals surface area contributed by atoms with Crippen LogP contribution in [0.3, 0.4) is 0 Å². The van der Waals surface area contributed by atoms with Crippen LogP contribution in [0.2, 0.25) is 0 Å². The van der Waals surface area contributed by atoms with Crippen LogP contribution < -0.4 is 5.73 Å². The van der Waals surface area contributed by atoms with Crippen LogP contribution in [-0.2, 0) is 5.54 Å². The zero-order valence-electron chi connectivity index (χ0n) is 7.55. The zero-order valence-corrected chi connectivity index (χ0v) is 7.55. The van der Waals surface area contributed by atoms with Gasteiger partial charge in [0, 0.05) is 11.1 Å². The third-order valence-electron chi connectivity index (χ3n) is 2.78. The van der Waals surface area contributed by atoms with Crippen LogP contribution >= 0.6 is 0 Å². The predicted molar refractivity (Wildman–Crippen MR) is 45.7 cm³/mol. The summed E-state index contributed by atoms with van der Waals surface area (Å²) in [6.07, 6.45) is 3.35. The Morgan fingerprint density at radius 1 is 1.42 bits per heavy atom. The van der Waals surface area contributed by atoms with E-state index in [9.17, 15) is 0 Å². The molecule has 0 aliphatic heterocycles. The molecule has 0 saturated heterocycles. The van der Waals surface area contributed by atoms with E-state index in [2.05, 4.69) is 5.16 Å². The molecule has 1 heterocycles. The third kappa shape index (κ3) is 0.894. The maximum Gasteiger partial charge on any atom is 0.138 e. The van der Waals surface area contributed by atoms with Gasteiger partial charge in [0.25, 0.3) is 0 Å². The predicted octanol–water partition coefficient (Wildman–Crippen LogP) is 1.63. The van der Waals surface area contributed by atoms with E-state index in [1.807, 2.05) is 13.8 Å². The molecule has 2 N–H and O–H groups in total. The Morgan fingerprint density at radius 3 is 2.42 bits per heavy atom. The van der Waals surface area contributed by atoms with Gasteiger partial charge in [0.15, 0.2) is 0 Å². The number of aryl methyl sites for hydroxylation is 2. The average Bonchev–Trinajstić information content (AvgIpc) is 2.27. The molecule has 1 saturated carbocycles. The van der Waals surface area contributed by atoms with E-state index in [0.717, 1.165) is 29.9 Å². The van der Waals surface area contributed by atoms with Crippen molar-refractivity contribution in [2.45, 2.75) is 38.6 Å². The van der Waals surface area contributed by atoms with Crippen molar-refractivity contribution in [3.05, 3.63) is 17.0 Å². The highest BCUT2D eigenvalue weighted by molar-refractivity contribution is 5.31. The fourth-order valence-electron chi connectivity index (χ4n) is 2.00. The van der Waals surface area contributed by atoms with E-state index >= 15 is 0 Å². The number of rotatable bonds is 1.